The molecule has 1 heterocycles. The smallest absolute Gasteiger partial charge is 0.350 e. The van der Waals surface area contributed by atoms with Crippen molar-refractivity contribution in [1.82, 2.24) is 4.98 Å². The number of carbonyl (C=O) groups excluding carboxylic acids is 1. The number of aryl methyl sites for hydroxylation is 1. The number of hydrogen-bond acceptors (Lipinski definition) is 5. The predicted molar refractivity (Wildman–Crippen MR) is 87.7 cm³/mol. The molecule has 5 heteroatoms. The molecule has 0 amide bonds. The Hall–Kier alpha value is -1.88. The Balaban J connectivity index is 1.99. The van der Waals surface area contributed by atoms with Gasteiger partial charge in [0.1, 0.15) is 22.2 Å². The highest BCUT2D eigenvalue weighted by Gasteiger charge is 2.16. The summed E-state index contributed by atoms with van der Waals surface area (Å²) in [6, 6.07) is 8.05. The molecule has 2 aromatic rings. The van der Waals surface area contributed by atoms with Gasteiger partial charge in [0.25, 0.3) is 0 Å². The van der Waals surface area contributed by atoms with Gasteiger partial charge < -0.3 is 9.47 Å². The normalized spacial score (nSPS) is 10.8. The Kier molecular flexibility index (Phi) is 5.55. The Labute approximate surface area is 135 Å². The van der Waals surface area contributed by atoms with Crippen LogP contribution in [0.5, 0.6) is 5.75 Å². The maximum atomic E-state index is 11.8. The van der Waals surface area contributed by atoms with Crippen molar-refractivity contribution in [3.8, 4) is 5.75 Å². The van der Waals surface area contributed by atoms with Crippen LogP contribution in [0.2, 0.25) is 0 Å². The van der Waals surface area contributed by atoms with Crippen LogP contribution in [0.1, 0.15) is 52.6 Å². The van der Waals surface area contributed by atoms with E-state index in [0.717, 1.165) is 10.8 Å². The van der Waals surface area contributed by atoms with Gasteiger partial charge in [-0.15, -0.1) is 11.3 Å². The molecule has 1 aromatic heterocycles. The zero-order valence-corrected chi connectivity index (χ0v) is 14.2. The number of esters is 1. The van der Waals surface area contributed by atoms with Crippen LogP contribution in [0.15, 0.2) is 24.3 Å². The van der Waals surface area contributed by atoms with E-state index in [4.69, 9.17) is 9.47 Å². The number of rotatable bonds is 6. The predicted octanol–water partition coefficient (Wildman–Crippen LogP) is 4.33. The van der Waals surface area contributed by atoms with Crippen LogP contribution in [0.4, 0.5) is 0 Å². The van der Waals surface area contributed by atoms with Gasteiger partial charge in [0, 0.05) is 0 Å². The lowest BCUT2D eigenvalue weighted by molar-refractivity contribution is 0.0531. The molecule has 0 unspecified atom stereocenters. The van der Waals surface area contributed by atoms with Crippen molar-refractivity contribution in [2.75, 3.05) is 6.61 Å². The van der Waals surface area contributed by atoms with Gasteiger partial charge in [0.2, 0.25) is 0 Å². The number of thiazole rings is 1. The van der Waals surface area contributed by atoms with E-state index in [1.165, 1.54) is 16.9 Å². The second kappa shape index (κ2) is 7.40. The number of nitrogens with zero attached hydrogens (tertiary/aromatic N) is 1. The van der Waals surface area contributed by atoms with Crippen LogP contribution >= 0.6 is 11.3 Å². The first-order valence-corrected chi connectivity index (χ1v) is 8.19. The number of benzene rings is 1. The van der Waals surface area contributed by atoms with Crippen LogP contribution < -0.4 is 4.74 Å². The van der Waals surface area contributed by atoms with Crippen LogP contribution in [-0.2, 0) is 11.3 Å². The molecule has 0 fully saturated rings. The Morgan fingerprint density at radius 2 is 1.95 bits per heavy atom. The minimum absolute atomic E-state index is 0.315. The molecule has 0 atom stereocenters. The summed E-state index contributed by atoms with van der Waals surface area (Å²) in [7, 11) is 0. The molecule has 0 bridgehead atoms. The molecule has 1 aromatic carbocycles. The lowest BCUT2D eigenvalue weighted by atomic mass is 10.0. The number of ether oxygens (including phenoxy) is 2. The van der Waals surface area contributed by atoms with Crippen LogP contribution in [0.3, 0.4) is 0 Å². The Morgan fingerprint density at radius 1 is 1.27 bits per heavy atom. The first-order chi connectivity index (χ1) is 10.5. The fourth-order valence-corrected chi connectivity index (χ4v) is 2.87. The quantitative estimate of drug-likeness (QED) is 0.744. The van der Waals surface area contributed by atoms with Gasteiger partial charge in [-0.1, -0.05) is 26.0 Å². The third-order valence-electron chi connectivity index (χ3n) is 3.21. The van der Waals surface area contributed by atoms with Gasteiger partial charge >= 0.3 is 5.97 Å². The first kappa shape index (κ1) is 16.5. The molecular formula is C17H21NO3S. The molecule has 118 valence electrons. The zero-order chi connectivity index (χ0) is 16.1. The Bertz CT molecular complexity index is 632. The molecule has 0 saturated heterocycles. The van der Waals surface area contributed by atoms with E-state index in [0.29, 0.717) is 29.7 Å². The summed E-state index contributed by atoms with van der Waals surface area (Å²) in [5.74, 6) is 0.989. The van der Waals surface area contributed by atoms with E-state index in [1.807, 2.05) is 19.1 Å². The van der Waals surface area contributed by atoms with E-state index in [2.05, 4.69) is 31.0 Å². The first-order valence-electron chi connectivity index (χ1n) is 7.37. The van der Waals surface area contributed by atoms with Gasteiger partial charge in [0.15, 0.2) is 0 Å². The molecule has 0 radical (unpaired) electrons. The lowest BCUT2D eigenvalue weighted by Gasteiger charge is -2.07. The Morgan fingerprint density at radius 3 is 2.55 bits per heavy atom. The third-order valence-corrected chi connectivity index (χ3v) is 4.32. The van der Waals surface area contributed by atoms with Crippen LogP contribution in [0.25, 0.3) is 0 Å². The molecule has 4 nitrogen and oxygen atoms in total. The molecule has 2 rings (SSSR count). The van der Waals surface area contributed by atoms with Crippen molar-refractivity contribution in [3.63, 3.8) is 0 Å². The van der Waals surface area contributed by atoms with Gasteiger partial charge in [-0.05, 0) is 37.5 Å². The molecule has 0 saturated carbocycles. The molecule has 0 aliphatic rings. The topological polar surface area (TPSA) is 48.4 Å². The summed E-state index contributed by atoms with van der Waals surface area (Å²) < 4.78 is 10.7. The van der Waals surface area contributed by atoms with E-state index < -0.39 is 0 Å². The van der Waals surface area contributed by atoms with E-state index in [-0.39, 0.29) is 5.97 Å². The van der Waals surface area contributed by atoms with Gasteiger partial charge in [-0.2, -0.15) is 0 Å². The van der Waals surface area contributed by atoms with Crippen molar-refractivity contribution >= 4 is 17.3 Å². The van der Waals surface area contributed by atoms with Gasteiger partial charge in [-0.25, -0.2) is 9.78 Å². The van der Waals surface area contributed by atoms with Gasteiger partial charge in [-0.3, -0.25) is 0 Å². The lowest BCUT2D eigenvalue weighted by Crippen LogP contribution is -2.03. The highest BCUT2D eigenvalue weighted by molar-refractivity contribution is 7.13. The average Bonchev–Trinajstić information content (AvgIpc) is 2.87. The van der Waals surface area contributed by atoms with Crippen molar-refractivity contribution in [1.29, 1.82) is 0 Å². The highest BCUT2D eigenvalue weighted by Crippen LogP contribution is 2.22. The summed E-state index contributed by atoms with van der Waals surface area (Å²) in [5.41, 5.74) is 1.97. The van der Waals surface area contributed by atoms with E-state index in [9.17, 15) is 4.79 Å². The summed E-state index contributed by atoms with van der Waals surface area (Å²) in [6.45, 7) is 8.63. The van der Waals surface area contributed by atoms with E-state index >= 15 is 0 Å². The monoisotopic (exact) mass is 319 g/mol. The molecule has 0 aliphatic heterocycles. The fourth-order valence-electron chi connectivity index (χ4n) is 1.99. The molecule has 22 heavy (non-hydrogen) atoms. The SMILES string of the molecule is CCOC(=O)c1sc(COc2ccc(C(C)C)cc2)nc1C. The minimum Gasteiger partial charge on any atom is -0.486 e. The number of hydrogen-bond donors (Lipinski definition) is 0. The molecular weight excluding hydrogens is 298 g/mol. The third kappa shape index (κ3) is 4.07. The number of aromatic nitrogens is 1. The maximum absolute atomic E-state index is 11.8. The van der Waals surface area contributed by atoms with Crippen molar-refractivity contribution in [2.24, 2.45) is 0 Å². The fraction of sp³-hybridized carbons (Fsp3) is 0.412. The largest absolute Gasteiger partial charge is 0.486 e. The van der Waals surface area contributed by atoms with Gasteiger partial charge in [0.05, 0.1) is 12.3 Å². The molecule has 0 spiro atoms. The van der Waals surface area contributed by atoms with Crippen molar-refractivity contribution < 1.29 is 14.3 Å². The molecule has 0 N–H and O–H groups in total. The van der Waals surface area contributed by atoms with E-state index in [1.54, 1.807) is 6.92 Å². The standard InChI is InChI=1S/C17H21NO3S/c1-5-20-17(19)16-12(4)18-15(22-16)10-21-14-8-6-13(7-9-14)11(2)3/h6-9,11H,5,10H2,1-4H3. The second-order valence-corrected chi connectivity index (χ2v) is 6.34. The number of carbonyl (C=O) groups is 1. The van der Waals surface area contributed by atoms with Crippen LogP contribution in [0, 0.1) is 6.92 Å². The summed E-state index contributed by atoms with van der Waals surface area (Å²) in [6.07, 6.45) is 0. The average molecular weight is 319 g/mol. The highest BCUT2D eigenvalue weighted by atomic mass is 32.1. The van der Waals surface area contributed by atoms with Crippen molar-refractivity contribution in [2.45, 2.75) is 40.2 Å². The van der Waals surface area contributed by atoms with Crippen molar-refractivity contribution in [3.05, 3.63) is 45.4 Å². The van der Waals surface area contributed by atoms with Crippen LogP contribution in [-0.4, -0.2) is 17.6 Å². The maximum Gasteiger partial charge on any atom is 0.350 e. The molecule has 0 aliphatic carbocycles. The second-order valence-electron chi connectivity index (χ2n) is 5.26. The zero-order valence-electron chi connectivity index (χ0n) is 13.4. The summed E-state index contributed by atoms with van der Waals surface area (Å²) in [4.78, 5) is 16.7. The summed E-state index contributed by atoms with van der Waals surface area (Å²) in [5, 5.41) is 0.772. The summed E-state index contributed by atoms with van der Waals surface area (Å²) >= 11 is 1.32. The minimum atomic E-state index is -0.315.